The molecule has 0 aromatic rings. The quantitative estimate of drug-likeness (QED) is 0.0205. The van der Waals surface area contributed by atoms with E-state index in [9.17, 15) is 19.0 Å². The molecule has 0 saturated heterocycles. The van der Waals surface area contributed by atoms with Gasteiger partial charge in [-0.2, -0.15) is 0 Å². The summed E-state index contributed by atoms with van der Waals surface area (Å²) in [7, 11) is 1.51. The summed E-state index contributed by atoms with van der Waals surface area (Å²) in [5.74, 6) is -0.500. The van der Waals surface area contributed by atoms with Crippen molar-refractivity contribution < 1.29 is 37.3 Å². The molecule has 1 amide bonds. The topological polar surface area (TPSA) is 111 Å². The second-order valence-corrected chi connectivity index (χ2v) is 24.4. The van der Waals surface area contributed by atoms with E-state index >= 15 is 0 Å². The van der Waals surface area contributed by atoms with Crippen LogP contribution < -0.4 is 5.32 Å². The van der Waals surface area contributed by atoms with Crippen LogP contribution in [0.3, 0.4) is 0 Å². The maximum Gasteiger partial charge on any atom is 0.472 e. The molecule has 0 aromatic heterocycles. The van der Waals surface area contributed by atoms with E-state index in [2.05, 4.69) is 38.2 Å². The summed E-state index contributed by atoms with van der Waals surface area (Å²) in [6.07, 6.45) is 63.3. The molecule has 0 spiro atoms. The van der Waals surface area contributed by atoms with Crippen LogP contribution in [-0.4, -0.2) is 74.3 Å². The van der Waals surface area contributed by atoms with Crippen LogP contribution in [0.15, 0.2) is 24.3 Å². The fourth-order valence-electron chi connectivity index (χ4n) is 9.45. The van der Waals surface area contributed by atoms with Gasteiger partial charge >= 0.3 is 13.8 Å². The zero-order valence-electron chi connectivity index (χ0n) is 49.4. The molecular weight excluding hydrogens is 928 g/mol. The van der Waals surface area contributed by atoms with Crippen LogP contribution in [0.1, 0.15) is 316 Å². The molecule has 0 aromatic carbocycles. The van der Waals surface area contributed by atoms with Crippen molar-refractivity contribution in [2.75, 3.05) is 40.9 Å². The predicted molar refractivity (Wildman–Crippen MR) is 314 cm³/mol. The summed E-state index contributed by atoms with van der Waals surface area (Å²) in [4.78, 5) is 37.6. The molecule has 2 N–H and O–H groups in total. The number of allylic oxidation sites excluding steroid dienone is 3. The second kappa shape index (κ2) is 53.9. The number of quaternary nitrogens is 1. The lowest BCUT2D eigenvalue weighted by atomic mass is 10.0. The summed E-state index contributed by atoms with van der Waals surface area (Å²) in [5, 5.41) is 3.05. The number of ether oxygens (including phenoxy) is 1. The highest BCUT2D eigenvalue weighted by Gasteiger charge is 2.30. The average molecular weight is 1050 g/mol. The second-order valence-electron chi connectivity index (χ2n) is 22.9. The lowest BCUT2D eigenvalue weighted by molar-refractivity contribution is -0.870. The molecule has 73 heavy (non-hydrogen) atoms. The van der Waals surface area contributed by atoms with Crippen LogP contribution in [0.4, 0.5) is 0 Å². The molecule has 432 valence electrons. The van der Waals surface area contributed by atoms with Crippen molar-refractivity contribution in [2.24, 2.45) is 0 Å². The standard InChI is InChI=1S/C63H123N2O7P/c1-7-10-13-16-19-22-25-27-28-29-30-31-32-33-34-35-36-38-41-44-47-50-53-56-63(67)72-61(54-51-48-45-42-40-37-26-23-20-17-14-11-8-2)60(59-71-73(68,69)70-58-57-65(4,5)6)64-62(66)55-52-49-46-43-39-24-21-18-15-12-9-3/h18,21,51,54,60-61H,7-17,19-20,22-50,52-53,55-59H2,1-6H3,(H-,64,66,68,69)/p+1/b21-18-,54-51-. The number of nitrogens with one attached hydrogen (secondary N) is 1. The first-order valence-electron chi connectivity index (χ1n) is 31.7. The van der Waals surface area contributed by atoms with E-state index < -0.39 is 20.0 Å². The molecule has 0 aliphatic rings. The largest absolute Gasteiger partial charge is 0.472 e. The van der Waals surface area contributed by atoms with Gasteiger partial charge in [-0.05, 0) is 51.0 Å². The van der Waals surface area contributed by atoms with Gasteiger partial charge in [0.1, 0.15) is 19.3 Å². The van der Waals surface area contributed by atoms with Gasteiger partial charge in [0.25, 0.3) is 0 Å². The Morgan fingerprint density at radius 3 is 1.21 bits per heavy atom. The highest BCUT2D eigenvalue weighted by molar-refractivity contribution is 7.47. The number of likely N-dealkylation sites (N-methyl/N-ethyl adjacent to an activating group) is 1. The Kier molecular flexibility index (Phi) is 52.8. The van der Waals surface area contributed by atoms with Gasteiger partial charge in [0.15, 0.2) is 0 Å². The number of phosphoric ester groups is 1. The van der Waals surface area contributed by atoms with Gasteiger partial charge in [-0.25, -0.2) is 4.57 Å². The number of amides is 1. The van der Waals surface area contributed by atoms with Gasteiger partial charge < -0.3 is 19.4 Å². The Balaban J connectivity index is 5.09. The summed E-state index contributed by atoms with van der Waals surface area (Å²) in [6.45, 7) is 7.01. The Labute approximate surface area is 454 Å². The number of rotatable bonds is 58. The van der Waals surface area contributed by atoms with Crippen LogP contribution in [0.2, 0.25) is 0 Å². The molecule has 9 nitrogen and oxygen atoms in total. The first-order valence-corrected chi connectivity index (χ1v) is 33.2. The summed E-state index contributed by atoms with van der Waals surface area (Å²) < 4.78 is 30.7. The molecule has 3 unspecified atom stereocenters. The number of hydrogen-bond donors (Lipinski definition) is 2. The fourth-order valence-corrected chi connectivity index (χ4v) is 10.2. The van der Waals surface area contributed by atoms with E-state index in [-0.39, 0.29) is 25.1 Å². The number of hydrogen-bond acceptors (Lipinski definition) is 6. The van der Waals surface area contributed by atoms with E-state index in [0.717, 1.165) is 83.5 Å². The maximum absolute atomic E-state index is 13.5. The third kappa shape index (κ3) is 55.1. The van der Waals surface area contributed by atoms with Gasteiger partial charge in [0.05, 0.1) is 33.8 Å². The number of nitrogens with zero attached hydrogens (tertiary/aromatic N) is 1. The van der Waals surface area contributed by atoms with E-state index in [1.165, 1.54) is 199 Å². The molecule has 0 aliphatic heterocycles. The Hall–Kier alpha value is -1.51. The lowest BCUT2D eigenvalue weighted by Crippen LogP contribution is -2.47. The van der Waals surface area contributed by atoms with Crippen molar-refractivity contribution in [1.82, 2.24) is 5.32 Å². The zero-order valence-corrected chi connectivity index (χ0v) is 50.3. The number of esters is 1. The van der Waals surface area contributed by atoms with Crippen molar-refractivity contribution in [2.45, 2.75) is 328 Å². The molecule has 0 saturated carbocycles. The molecule has 0 heterocycles. The lowest BCUT2D eigenvalue weighted by Gasteiger charge is -2.27. The fraction of sp³-hybridized carbons (Fsp3) is 0.905. The third-order valence-corrected chi connectivity index (χ3v) is 15.4. The molecular formula is C63H124N2O7P+. The van der Waals surface area contributed by atoms with Crippen molar-refractivity contribution in [3.05, 3.63) is 24.3 Å². The number of carbonyl (C=O) groups is 2. The van der Waals surface area contributed by atoms with Crippen molar-refractivity contribution >= 4 is 19.7 Å². The van der Waals surface area contributed by atoms with Crippen LogP contribution in [0, 0.1) is 0 Å². The van der Waals surface area contributed by atoms with Crippen molar-refractivity contribution in [3.8, 4) is 0 Å². The van der Waals surface area contributed by atoms with Crippen molar-refractivity contribution in [3.63, 3.8) is 0 Å². The first-order chi connectivity index (χ1) is 35.4. The van der Waals surface area contributed by atoms with Gasteiger partial charge in [0, 0.05) is 12.8 Å². The molecule has 0 bridgehead atoms. The number of unbranched alkanes of at least 4 members (excludes halogenated alkanes) is 40. The predicted octanol–water partition coefficient (Wildman–Crippen LogP) is 19.3. The minimum absolute atomic E-state index is 0.0420. The van der Waals surface area contributed by atoms with Crippen LogP contribution in [0.25, 0.3) is 0 Å². The Bertz CT molecular complexity index is 1300. The smallest absolute Gasteiger partial charge is 0.456 e. The van der Waals surface area contributed by atoms with Crippen LogP contribution in [-0.2, 0) is 27.9 Å². The highest BCUT2D eigenvalue weighted by atomic mass is 31.2. The van der Waals surface area contributed by atoms with E-state index in [1.807, 2.05) is 33.3 Å². The van der Waals surface area contributed by atoms with E-state index in [1.54, 1.807) is 0 Å². The molecule has 3 atom stereocenters. The normalized spacial score (nSPS) is 13.8. The molecule has 0 rings (SSSR count). The molecule has 0 fully saturated rings. The van der Waals surface area contributed by atoms with Crippen LogP contribution in [0.5, 0.6) is 0 Å². The SMILES string of the molecule is CCCC/C=C\CCCCCCCC(=O)NC(COP(=O)(O)OCC[N+](C)(C)C)C(/C=C\CCCCCCCCCCCCC)OC(=O)CCCCCCCCCCCCCCCCCCCCCCCCC. The average Bonchev–Trinajstić information content (AvgIpc) is 3.35. The first kappa shape index (κ1) is 71.5. The molecule has 0 aliphatic carbocycles. The van der Waals surface area contributed by atoms with Gasteiger partial charge in [-0.1, -0.05) is 277 Å². The summed E-state index contributed by atoms with van der Waals surface area (Å²) >= 11 is 0. The molecule has 10 heteroatoms. The summed E-state index contributed by atoms with van der Waals surface area (Å²) in [6, 6.07) is -0.846. The monoisotopic (exact) mass is 1050 g/mol. The van der Waals surface area contributed by atoms with E-state index in [0.29, 0.717) is 23.9 Å². The molecule has 0 radical (unpaired) electrons. The minimum atomic E-state index is -4.44. The third-order valence-electron chi connectivity index (χ3n) is 14.4. The Morgan fingerprint density at radius 1 is 0.466 bits per heavy atom. The maximum atomic E-state index is 13.5. The highest BCUT2D eigenvalue weighted by Crippen LogP contribution is 2.43. The van der Waals surface area contributed by atoms with E-state index in [4.69, 9.17) is 13.8 Å². The van der Waals surface area contributed by atoms with Crippen molar-refractivity contribution in [1.29, 1.82) is 0 Å². The van der Waals surface area contributed by atoms with Gasteiger partial charge in [-0.3, -0.25) is 18.6 Å². The van der Waals surface area contributed by atoms with Gasteiger partial charge in [-0.15, -0.1) is 0 Å². The number of carbonyl (C=O) groups excluding carboxylic acids is 2. The van der Waals surface area contributed by atoms with Gasteiger partial charge in [0.2, 0.25) is 5.91 Å². The van der Waals surface area contributed by atoms with Crippen LogP contribution >= 0.6 is 7.82 Å². The summed E-state index contributed by atoms with van der Waals surface area (Å²) in [5.41, 5.74) is 0. The Morgan fingerprint density at radius 2 is 0.808 bits per heavy atom. The zero-order chi connectivity index (χ0) is 53.6. The number of phosphoric acid groups is 1. The minimum Gasteiger partial charge on any atom is -0.456 e.